The zero-order valence-electron chi connectivity index (χ0n) is 9.19. The molecule has 1 aliphatic carbocycles. The van der Waals surface area contributed by atoms with E-state index in [4.69, 9.17) is 5.73 Å². The molecule has 0 radical (unpaired) electrons. The lowest BCUT2D eigenvalue weighted by atomic mass is 10.2. The van der Waals surface area contributed by atoms with Gasteiger partial charge in [0.25, 0.3) is 0 Å². The highest BCUT2D eigenvalue weighted by Crippen LogP contribution is 2.31. The highest BCUT2D eigenvalue weighted by molar-refractivity contribution is 5.47. The van der Waals surface area contributed by atoms with Gasteiger partial charge in [0.05, 0.1) is 6.20 Å². The van der Waals surface area contributed by atoms with Crippen LogP contribution in [-0.2, 0) is 6.54 Å². The molecule has 0 bridgehead atoms. The van der Waals surface area contributed by atoms with Gasteiger partial charge in [0.15, 0.2) is 5.82 Å². The molecular weight excluding hydrogens is 188 g/mol. The van der Waals surface area contributed by atoms with Crippen molar-refractivity contribution < 1.29 is 0 Å². The van der Waals surface area contributed by atoms with Crippen molar-refractivity contribution in [1.82, 2.24) is 10.2 Å². The first-order chi connectivity index (χ1) is 7.36. The Morgan fingerprint density at radius 1 is 1.53 bits per heavy atom. The van der Waals surface area contributed by atoms with Gasteiger partial charge in [-0.15, -0.1) is 5.10 Å². The standard InChI is InChI=1S/C11H18N4/c1-2-7-15(10-3-4-10)11-9(8-12)5-6-13-14-11/h5-6,10H,2-4,7-8,12H2,1H3. The molecule has 0 saturated heterocycles. The van der Waals surface area contributed by atoms with E-state index in [0.717, 1.165) is 24.3 Å². The van der Waals surface area contributed by atoms with Crippen molar-refractivity contribution in [2.24, 2.45) is 5.73 Å². The zero-order chi connectivity index (χ0) is 10.7. The molecule has 0 unspecified atom stereocenters. The molecule has 1 heterocycles. The molecule has 4 nitrogen and oxygen atoms in total. The summed E-state index contributed by atoms with van der Waals surface area (Å²) in [6.45, 7) is 3.78. The third-order valence-corrected chi connectivity index (χ3v) is 2.73. The lowest BCUT2D eigenvalue weighted by molar-refractivity contribution is 0.731. The normalized spacial score (nSPS) is 15.3. The Labute approximate surface area is 90.5 Å². The molecule has 1 aliphatic rings. The summed E-state index contributed by atoms with van der Waals surface area (Å²) in [6, 6.07) is 2.64. The van der Waals surface area contributed by atoms with E-state index in [1.807, 2.05) is 6.07 Å². The maximum atomic E-state index is 5.71. The molecule has 4 heteroatoms. The number of nitrogens with two attached hydrogens (primary N) is 1. The minimum Gasteiger partial charge on any atom is -0.352 e. The second-order valence-electron chi connectivity index (χ2n) is 4.01. The summed E-state index contributed by atoms with van der Waals surface area (Å²) in [7, 11) is 0. The van der Waals surface area contributed by atoms with Gasteiger partial charge in [0.2, 0.25) is 0 Å². The van der Waals surface area contributed by atoms with Crippen molar-refractivity contribution in [2.75, 3.05) is 11.4 Å². The first-order valence-corrected chi connectivity index (χ1v) is 5.64. The van der Waals surface area contributed by atoms with Crippen LogP contribution in [0.15, 0.2) is 12.3 Å². The highest BCUT2D eigenvalue weighted by Gasteiger charge is 2.30. The van der Waals surface area contributed by atoms with E-state index < -0.39 is 0 Å². The van der Waals surface area contributed by atoms with Crippen molar-refractivity contribution in [3.8, 4) is 0 Å². The Morgan fingerprint density at radius 2 is 2.33 bits per heavy atom. The molecule has 1 aromatic heterocycles. The Balaban J connectivity index is 2.23. The predicted octanol–water partition coefficient (Wildman–Crippen LogP) is 1.31. The van der Waals surface area contributed by atoms with Crippen LogP contribution < -0.4 is 10.6 Å². The smallest absolute Gasteiger partial charge is 0.156 e. The van der Waals surface area contributed by atoms with Crippen molar-refractivity contribution >= 4 is 5.82 Å². The van der Waals surface area contributed by atoms with Crippen LogP contribution in [0.25, 0.3) is 0 Å². The van der Waals surface area contributed by atoms with Gasteiger partial charge in [-0.05, 0) is 25.3 Å². The van der Waals surface area contributed by atoms with Gasteiger partial charge in [-0.2, -0.15) is 5.10 Å². The monoisotopic (exact) mass is 206 g/mol. The third kappa shape index (κ3) is 2.26. The lowest BCUT2D eigenvalue weighted by Gasteiger charge is -2.24. The fourth-order valence-electron chi connectivity index (χ4n) is 1.84. The predicted molar refractivity (Wildman–Crippen MR) is 60.6 cm³/mol. The van der Waals surface area contributed by atoms with E-state index in [1.54, 1.807) is 6.20 Å². The summed E-state index contributed by atoms with van der Waals surface area (Å²) in [6.07, 6.45) is 5.40. The van der Waals surface area contributed by atoms with Gasteiger partial charge in [-0.3, -0.25) is 0 Å². The Bertz CT molecular complexity index is 322. The molecule has 82 valence electrons. The molecule has 0 aromatic carbocycles. The maximum absolute atomic E-state index is 5.71. The molecule has 0 aliphatic heterocycles. The van der Waals surface area contributed by atoms with Gasteiger partial charge in [-0.1, -0.05) is 6.92 Å². The molecule has 0 atom stereocenters. The molecule has 2 rings (SSSR count). The van der Waals surface area contributed by atoms with E-state index in [2.05, 4.69) is 22.0 Å². The first-order valence-electron chi connectivity index (χ1n) is 5.64. The topological polar surface area (TPSA) is 55.0 Å². The number of rotatable bonds is 5. The average Bonchev–Trinajstić information content (AvgIpc) is 3.10. The van der Waals surface area contributed by atoms with E-state index in [0.29, 0.717) is 12.6 Å². The van der Waals surface area contributed by atoms with Crippen LogP contribution in [-0.4, -0.2) is 22.8 Å². The number of aromatic nitrogens is 2. The van der Waals surface area contributed by atoms with Crippen molar-refractivity contribution in [2.45, 2.75) is 38.8 Å². The van der Waals surface area contributed by atoms with Gasteiger partial charge >= 0.3 is 0 Å². The Hall–Kier alpha value is -1.16. The summed E-state index contributed by atoms with van der Waals surface area (Å²) in [5.41, 5.74) is 6.81. The van der Waals surface area contributed by atoms with Crippen LogP contribution >= 0.6 is 0 Å². The van der Waals surface area contributed by atoms with Gasteiger partial charge < -0.3 is 10.6 Å². The molecule has 0 amide bonds. The van der Waals surface area contributed by atoms with Crippen LogP contribution in [0.5, 0.6) is 0 Å². The molecule has 1 fully saturated rings. The molecule has 15 heavy (non-hydrogen) atoms. The SMILES string of the molecule is CCCN(c1nnccc1CN)C1CC1. The van der Waals surface area contributed by atoms with E-state index >= 15 is 0 Å². The second kappa shape index (κ2) is 4.57. The Morgan fingerprint density at radius 3 is 2.93 bits per heavy atom. The summed E-state index contributed by atoms with van der Waals surface area (Å²) in [4.78, 5) is 2.36. The van der Waals surface area contributed by atoms with E-state index in [9.17, 15) is 0 Å². The third-order valence-electron chi connectivity index (χ3n) is 2.73. The number of hydrogen-bond acceptors (Lipinski definition) is 4. The van der Waals surface area contributed by atoms with Crippen molar-refractivity contribution in [3.63, 3.8) is 0 Å². The summed E-state index contributed by atoms with van der Waals surface area (Å²) < 4.78 is 0. The van der Waals surface area contributed by atoms with Gasteiger partial charge in [0.1, 0.15) is 0 Å². The lowest BCUT2D eigenvalue weighted by Crippen LogP contribution is -2.29. The van der Waals surface area contributed by atoms with Crippen LogP contribution in [0.1, 0.15) is 31.7 Å². The number of anilines is 1. The number of hydrogen-bond donors (Lipinski definition) is 1. The van der Waals surface area contributed by atoms with Gasteiger partial charge in [-0.25, -0.2) is 0 Å². The molecular formula is C11H18N4. The largest absolute Gasteiger partial charge is 0.352 e. The minimum atomic E-state index is 0.539. The summed E-state index contributed by atoms with van der Waals surface area (Å²) in [5.74, 6) is 0.990. The van der Waals surface area contributed by atoms with E-state index in [-0.39, 0.29) is 0 Å². The molecule has 1 saturated carbocycles. The van der Waals surface area contributed by atoms with Crippen LogP contribution in [0.3, 0.4) is 0 Å². The first kappa shape index (κ1) is 10.4. The fourth-order valence-corrected chi connectivity index (χ4v) is 1.84. The van der Waals surface area contributed by atoms with Crippen LogP contribution in [0.4, 0.5) is 5.82 Å². The number of nitrogens with zero attached hydrogens (tertiary/aromatic N) is 3. The summed E-state index contributed by atoms with van der Waals surface area (Å²) >= 11 is 0. The zero-order valence-corrected chi connectivity index (χ0v) is 9.19. The Kier molecular flexibility index (Phi) is 3.16. The highest BCUT2D eigenvalue weighted by atomic mass is 15.3. The molecule has 2 N–H and O–H groups in total. The van der Waals surface area contributed by atoms with Crippen LogP contribution in [0, 0.1) is 0 Å². The van der Waals surface area contributed by atoms with E-state index in [1.165, 1.54) is 12.8 Å². The summed E-state index contributed by atoms with van der Waals surface area (Å²) in [5, 5.41) is 8.19. The second-order valence-corrected chi connectivity index (χ2v) is 4.01. The van der Waals surface area contributed by atoms with Crippen molar-refractivity contribution in [1.29, 1.82) is 0 Å². The van der Waals surface area contributed by atoms with Gasteiger partial charge in [0, 0.05) is 24.7 Å². The molecule has 1 aromatic rings. The van der Waals surface area contributed by atoms with Crippen LogP contribution in [0.2, 0.25) is 0 Å². The van der Waals surface area contributed by atoms with Crippen molar-refractivity contribution in [3.05, 3.63) is 17.8 Å². The quantitative estimate of drug-likeness (QED) is 0.789. The maximum Gasteiger partial charge on any atom is 0.156 e. The average molecular weight is 206 g/mol. The fraction of sp³-hybridized carbons (Fsp3) is 0.636. The molecule has 0 spiro atoms. The minimum absolute atomic E-state index is 0.539.